The van der Waals surface area contributed by atoms with E-state index >= 15 is 0 Å². The summed E-state index contributed by atoms with van der Waals surface area (Å²) in [5, 5.41) is 3.94. The summed E-state index contributed by atoms with van der Waals surface area (Å²) in [5.41, 5.74) is 0.818. The van der Waals surface area contributed by atoms with Crippen molar-refractivity contribution in [2.24, 2.45) is 11.8 Å². The van der Waals surface area contributed by atoms with Gasteiger partial charge in [0.2, 0.25) is 5.91 Å². The quantitative estimate of drug-likeness (QED) is 0.510. The third kappa shape index (κ3) is 5.66. The van der Waals surface area contributed by atoms with Crippen molar-refractivity contribution >= 4 is 11.9 Å². The smallest absolute Gasteiger partial charge is 0.311 e. The number of rotatable bonds is 10. The number of benzene rings is 1. The molecular formula is C24H33N3O5. The van der Waals surface area contributed by atoms with Crippen molar-refractivity contribution in [1.29, 1.82) is 0 Å². The summed E-state index contributed by atoms with van der Waals surface area (Å²) < 4.78 is 16.4. The van der Waals surface area contributed by atoms with Gasteiger partial charge >= 0.3 is 5.97 Å². The van der Waals surface area contributed by atoms with Gasteiger partial charge in [-0.05, 0) is 24.8 Å². The van der Waals surface area contributed by atoms with Crippen LogP contribution in [0.25, 0.3) is 0 Å². The van der Waals surface area contributed by atoms with E-state index in [4.69, 9.17) is 14.0 Å². The lowest BCUT2D eigenvalue weighted by Gasteiger charge is -2.40. The molecule has 2 unspecified atom stereocenters. The fourth-order valence-electron chi connectivity index (χ4n) is 4.12. The normalized spacial score (nSPS) is 18.8. The molecule has 1 aromatic carbocycles. The fourth-order valence-corrected chi connectivity index (χ4v) is 4.12. The maximum atomic E-state index is 13.2. The molecule has 0 spiro atoms. The fraction of sp³-hybridized carbons (Fsp3) is 0.583. The first-order valence-corrected chi connectivity index (χ1v) is 11.3. The van der Waals surface area contributed by atoms with Crippen LogP contribution in [0.15, 0.2) is 28.8 Å². The third-order valence-electron chi connectivity index (χ3n) is 5.66. The lowest BCUT2D eigenvalue weighted by molar-refractivity contribution is -0.159. The standard InChI is InChI=1S/C24H33N3O5/c1-5-6-13-27-22(28)12-11-18(23(27)17-9-7-8-10-19(17)30-4)24(29)31-15-21-25-20(26-32-21)14-16(2)3/h7-10,16,18,23H,5-6,11-15H2,1-4H3. The van der Waals surface area contributed by atoms with Crippen LogP contribution in [0.4, 0.5) is 0 Å². The Labute approximate surface area is 189 Å². The van der Waals surface area contributed by atoms with Crippen molar-refractivity contribution in [2.45, 2.75) is 65.5 Å². The number of unbranched alkanes of at least 4 members (excludes halogenated alkanes) is 1. The van der Waals surface area contributed by atoms with E-state index in [9.17, 15) is 9.59 Å². The van der Waals surface area contributed by atoms with E-state index in [1.165, 1.54) is 0 Å². The number of ether oxygens (including phenoxy) is 2. The molecule has 8 heteroatoms. The predicted molar refractivity (Wildman–Crippen MR) is 118 cm³/mol. The van der Waals surface area contributed by atoms with Gasteiger partial charge in [-0.25, -0.2) is 0 Å². The molecule has 0 aliphatic carbocycles. The average molecular weight is 444 g/mol. The van der Waals surface area contributed by atoms with Crippen LogP contribution in [-0.2, 0) is 27.4 Å². The molecule has 0 bridgehead atoms. The van der Waals surface area contributed by atoms with Crippen molar-refractivity contribution in [3.63, 3.8) is 0 Å². The van der Waals surface area contributed by atoms with E-state index < -0.39 is 12.0 Å². The second kappa shape index (κ2) is 11.1. The SMILES string of the molecule is CCCCN1C(=O)CCC(C(=O)OCc2nc(CC(C)C)no2)C1c1ccccc1OC. The Kier molecular flexibility index (Phi) is 8.25. The van der Waals surface area contributed by atoms with Crippen LogP contribution in [0.2, 0.25) is 0 Å². The predicted octanol–water partition coefficient (Wildman–Crippen LogP) is 4.10. The Hall–Kier alpha value is -2.90. The van der Waals surface area contributed by atoms with Crippen LogP contribution in [0.3, 0.4) is 0 Å². The highest BCUT2D eigenvalue weighted by Crippen LogP contribution is 2.41. The molecule has 1 aliphatic heterocycles. The number of carbonyl (C=O) groups excluding carboxylic acids is 2. The minimum absolute atomic E-state index is 0.0497. The van der Waals surface area contributed by atoms with E-state index in [2.05, 4.69) is 30.9 Å². The molecule has 8 nitrogen and oxygen atoms in total. The molecular weight excluding hydrogens is 410 g/mol. The minimum atomic E-state index is -0.501. The van der Waals surface area contributed by atoms with Crippen molar-refractivity contribution < 1.29 is 23.6 Å². The van der Waals surface area contributed by atoms with Crippen LogP contribution in [-0.4, -0.2) is 40.6 Å². The zero-order valence-electron chi connectivity index (χ0n) is 19.4. The van der Waals surface area contributed by atoms with Gasteiger partial charge < -0.3 is 18.9 Å². The summed E-state index contributed by atoms with van der Waals surface area (Å²) in [6.45, 7) is 6.73. The van der Waals surface area contributed by atoms with Crippen molar-refractivity contribution in [3.8, 4) is 5.75 Å². The zero-order chi connectivity index (χ0) is 23.1. The molecule has 3 rings (SSSR count). The van der Waals surface area contributed by atoms with E-state index in [-0.39, 0.29) is 24.4 Å². The molecule has 1 amide bonds. The maximum absolute atomic E-state index is 13.2. The highest BCUT2D eigenvalue weighted by molar-refractivity contribution is 5.82. The number of methoxy groups -OCH3 is 1. The van der Waals surface area contributed by atoms with Gasteiger partial charge in [0, 0.05) is 24.9 Å². The van der Waals surface area contributed by atoms with Crippen LogP contribution in [0, 0.1) is 11.8 Å². The summed E-state index contributed by atoms with van der Waals surface area (Å²) in [4.78, 5) is 32.1. The molecule has 2 heterocycles. The molecule has 1 fully saturated rings. The summed E-state index contributed by atoms with van der Waals surface area (Å²) in [6, 6.07) is 7.10. The number of likely N-dealkylation sites (tertiary alicyclic amines) is 1. The number of hydrogen-bond acceptors (Lipinski definition) is 7. The molecule has 1 aliphatic rings. The van der Waals surface area contributed by atoms with Crippen LogP contribution < -0.4 is 4.74 Å². The molecule has 174 valence electrons. The Balaban J connectivity index is 1.80. The maximum Gasteiger partial charge on any atom is 0.311 e. The number of aromatic nitrogens is 2. The number of nitrogens with zero attached hydrogens (tertiary/aromatic N) is 3. The van der Waals surface area contributed by atoms with E-state index in [0.717, 1.165) is 18.4 Å². The molecule has 0 N–H and O–H groups in total. The largest absolute Gasteiger partial charge is 0.496 e. The van der Waals surface area contributed by atoms with E-state index in [0.29, 0.717) is 43.3 Å². The number of piperidine rings is 1. The highest BCUT2D eigenvalue weighted by Gasteiger charge is 2.42. The first-order chi connectivity index (χ1) is 15.4. The number of hydrogen-bond donors (Lipinski definition) is 0. The van der Waals surface area contributed by atoms with Gasteiger partial charge in [0.05, 0.1) is 19.1 Å². The Morgan fingerprint density at radius 3 is 2.81 bits per heavy atom. The van der Waals surface area contributed by atoms with Crippen LogP contribution >= 0.6 is 0 Å². The van der Waals surface area contributed by atoms with Crippen molar-refractivity contribution in [3.05, 3.63) is 41.5 Å². The number of esters is 1. The van der Waals surface area contributed by atoms with E-state index in [1.807, 2.05) is 29.2 Å². The summed E-state index contributed by atoms with van der Waals surface area (Å²) >= 11 is 0. The van der Waals surface area contributed by atoms with Crippen molar-refractivity contribution in [1.82, 2.24) is 15.0 Å². The van der Waals surface area contributed by atoms with Gasteiger partial charge in [0.25, 0.3) is 5.89 Å². The average Bonchev–Trinajstić information content (AvgIpc) is 3.22. The second-order valence-corrected chi connectivity index (χ2v) is 8.58. The summed E-state index contributed by atoms with van der Waals surface area (Å²) in [6.07, 6.45) is 3.25. The van der Waals surface area contributed by atoms with E-state index in [1.54, 1.807) is 7.11 Å². The Bertz CT molecular complexity index is 911. The highest BCUT2D eigenvalue weighted by atomic mass is 16.6. The third-order valence-corrected chi connectivity index (χ3v) is 5.66. The molecule has 32 heavy (non-hydrogen) atoms. The minimum Gasteiger partial charge on any atom is -0.496 e. The van der Waals surface area contributed by atoms with Crippen LogP contribution in [0.1, 0.15) is 69.8 Å². The molecule has 1 aromatic heterocycles. The first-order valence-electron chi connectivity index (χ1n) is 11.3. The molecule has 2 aromatic rings. The van der Waals surface area contributed by atoms with Gasteiger partial charge in [-0.1, -0.05) is 50.5 Å². The van der Waals surface area contributed by atoms with Gasteiger partial charge in [-0.2, -0.15) is 4.98 Å². The Morgan fingerprint density at radius 1 is 1.31 bits per heavy atom. The second-order valence-electron chi connectivity index (χ2n) is 8.58. The molecule has 0 saturated carbocycles. The number of para-hydroxylation sites is 1. The molecule has 0 radical (unpaired) electrons. The number of amides is 1. The number of carbonyl (C=O) groups is 2. The summed E-state index contributed by atoms with van der Waals surface area (Å²) in [5.74, 6) is 1.11. The topological polar surface area (TPSA) is 94.8 Å². The van der Waals surface area contributed by atoms with Gasteiger partial charge in [-0.3, -0.25) is 9.59 Å². The monoisotopic (exact) mass is 443 g/mol. The Morgan fingerprint density at radius 2 is 2.09 bits per heavy atom. The zero-order valence-corrected chi connectivity index (χ0v) is 19.4. The van der Waals surface area contributed by atoms with Crippen molar-refractivity contribution in [2.75, 3.05) is 13.7 Å². The molecule has 2 atom stereocenters. The van der Waals surface area contributed by atoms with Gasteiger partial charge in [0.15, 0.2) is 12.4 Å². The molecule has 1 saturated heterocycles. The van der Waals surface area contributed by atoms with Gasteiger partial charge in [-0.15, -0.1) is 0 Å². The van der Waals surface area contributed by atoms with Gasteiger partial charge in [0.1, 0.15) is 5.75 Å². The van der Waals surface area contributed by atoms with Crippen LogP contribution in [0.5, 0.6) is 5.75 Å². The first kappa shape index (κ1) is 23.8. The lowest BCUT2D eigenvalue weighted by atomic mass is 9.83. The lowest BCUT2D eigenvalue weighted by Crippen LogP contribution is -2.46. The summed E-state index contributed by atoms with van der Waals surface area (Å²) in [7, 11) is 1.59.